The van der Waals surface area contributed by atoms with E-state index in [9.17, 15) is 9.18 Å². The summed E-state index contributed by atoms with van der Waals surface area (Å²) in [5.74, 6) is -0.358. The van der Waals surface area contributed by atoms with Crippen LogP contribution < -0.4 is 10.2 Å². The van der Waals surface area contributed by atoms with E-state index in [1.54, 1.807) is 6.07 Å². The molecule has 1 aromatic rings. The second kappa shape index (κ2) is 6.53. The molecule has 0 bridgehead atoms. The lowest BCUT2D eigenvalue weighted by molar-refractivity contribution is -0.148. The van der Waals surface area contributed by atoms with Gasteiger partial charge in [0.15, 0.2) is 0 Å². The molecule has 1 aliphatic carbocycles. The van der Waals surface area contributed by atoms with Crippen LogP contribution in [0.1, 0.15) is 52.0 Å². The van der Waals surface area contributed by atoms with Crippen molar-refractivity contribution in [1.29, 1.82) is 0 Å². The van der Waals surface area contributed by atoms with Crippen LogP contribution in [0, 0.1) is 11.7 Å². The maximum atomic E-state index is 14.6. The van der Waals surface area contributed by atoms with Crippen molar-refractivity contribution in [3.05, 3.63) is 23.5 Å². The maximum absolute atomic E-state index is 14.6. The van der Waals surface area contributed by atoms with E-state index in [4.69, 9.17) is 18.8 Å². The fourth-order valence-corrected chi connectivity index (χ4v) is 3.46. The molecule has 0 aromatic heterocycles. The van der Waals surface area contributed by atoms with E-state index in [1.165, 1.54) is 20.3 Å². The highest BCUT2D eigenvalue weighted by Gasteiger charge is 2.53. The van der Waals surface area contributed by atoms with Gasteiger partial charge in [0.1, 0.15) is 11.6 Å². The highest BCUT2D eigenvalue weighted by Crippen LogP contribution is 2.44. The van der Waals surface area contributed by atoms with Crippen LogP contribution in [-0.4, -0.2) is 38.5 Å². The van der Waals surface area contributed by atoms with Crippen molar-refractivity contribution in [2.24, 2.45) is 5.92 Å². The quantitative estimate of drug-likeness (QED) is 0.608. The minimum Gasteiger partial charge on any atom is -0.497 e. The molecule has 2 aliphatic rings. The summed E-state index contributed by atoms with van der Waals surface area (Å²) >= 11 is 0. The number of ether oxygens (including phenoxy) is 2. The summed E-state index contributed by atoms with van der Waals surface area (Å²) in [4.78, 5) is 11.6. The SMILES string of the molecule is COc1cc(F)c([C@H]2C[C@@H](C(=O)OC)C2)cc1B1OC(C)(C)C(C)(C)O1. The number of hydrogen-bond donors (Lipinski definition) is 0. The van der Waals surface area contributed by atoms with E-state index in [0.29, 0.717) is 29.6 Å². The Hall–Kier alpha value is -1.60. The summed E-state index contributed by atoms with van der Waals surface area (Å²) in [6.45, 7) is 7.88. The average Bonchev–Trinajstić information content (AvgIpc) is 2.74. The number of hydrogen-bond acceptors (Lipinski definition) is 5. The maximum Gasteiger partial charge on any atom is 0.498 e. The van der Waals surface area contributed by atoms with Gasteiger partial charge in [-0.25, -0.2) is 4.39 Å². The van der Waals surface area contributed by atoms with Crippen LogP contribution in [-0.2, 0) is 18.8 Å². The number of esters is 1. The Bertz CT molecular complexity index is 696. The summed E-state index contributed by atoms with van der Waals surface area (Å²) < 4.78 is 36.9. The monoisotopic (exact) mass is 364 g/mol. The fourth-order valence-electron chi connectivity index (χ4n) is 3.46. The van der Waals surface area contributed by atoms with Crippen molar-refractivity contribution in [1.82, 2.24) is 0 Å². The molecule has 3 rings (SSSR count). The molecule has 1 aliphatic heterocycles. The van der Waals surface area contributed by atoms with Crippen molar-refractivity contribution in [3.63, 3.8) is 0 Å². The zero-order chi connectivity index (χ0) is 19.3. The zero-order valence-corrected chi connectivity index (χ0v) is 16.2. The van der Waals surface area contributed by atoms with Crippen molar-refractivity contribution in [2.45, 2.75) is 57.7 Å². The lowest BCUT2D eigenvalue weighted by atomic mass is 9.69. The third-order valence-electron chi connectivity index (χ3n) is 5.97. The van der Waals surface area contributed by atoms with Gasteiger partial charge in [-0.3, -0.25) is 4.79 Å². The summed E-state index contributed by atoms with van der Waals surface area (Å²) in [6, 6.07) is 3.13. The van der Waals surface area contributed by atoms with Gasteiger partial charge in [-0.2, -0.15) is 0 Å². The number of rotatable bonds is 4. The molecular weight excluding hydrogens is 338 g/mol. The zero-order valence-electron chi connectivity index (χ0n) is 16.2. The minimum atomic E-state index is -0.634. The summed E-state index contributed by atoms with van der Waals surface area (Å²) in [5.41, 5.74) is 0.243. The fraction of sp³-hybridized carbons (Fsp3) is 0.632. The van der Waals surface area contributed by atoms with Crippen LogP contribution in [0.15, 0.2) is 12.1 Å². The van der Waals surface area contributed by atoms with Crippen LogP contribution in [0.25, 0.3) is 0 Å². The first-order valence-electron chi connectivity index (χ1n) is 8.90. The molecule has 1 saturated carbocycles. The van der Waals surface area contributed by atoms with Gasteiger partial charge in [0.25, 0.3) is 0 Å². The van der Waals surface area contributed by atoms with E-state index in [-0.39, 0.29) is 23.6 Å². The summed E-state index contributed by atoms with van der Waals surface area (Å²) in [6.07, 6.45) is 1.16. The number of benzene rings is 1. The number of methoxy groups -OCH3 is 2. The Labute approximate surface area is 154 Å². The minimum absolute atomic E-state index is 0.0221. The Morgan fingerprint density at radius 1 is 1.15 bits per heavy atom. The standard InChI is InChI=1S/C19H26BFO5/c1-18(2)19(3,4)26-20(25-18)14-9-13(15(21)10-16(14)23-5)11-7-12(8-11)17(22)24-6/h9-12H,7-8H2,1-6H3/t11-,12+. The molecule has 7 heteroatoms. The molecule has 0 unspecified atom stereocenters. The van der Waals surface area contributed by atoms with Crippen molar-refractivity contribution >= 4 is 18.6 Å². The molecule has 0 atom stereocenters. The topological polar surface area (TPSA) is 54.0 Å². The van der Waals surface area contributed by atoms with E-state index in [1.807, 2.05) is 27.7 Å². The summed E-state index contributed by atoms with van der Waals surface area (Å²) in [7, 11) is 2.24. The molecule has 0 spiro atoms. The van der Waals surface area contributed by atoms with Crippen molar-refractivity contribution in [2.75, 3.05) is 14.2 Å². The van der Waals surface area contributed by atoms with E-state index >= 15 is 0 Å². The van der Waals surface area contributed by atoms with Crippen LogP contribution >= 0.6 is 0 Å². The Kier molecular flexibility index (Phi) is 4.82. The third kappa shape index (κ3) is 3.12. The molecule has 26 heavy (non-hydrogen) atoms. The normalized spacial score (nSPS) is 26.3. The molecule has 5 nitrogen and oxygen atoms in total. The largest absolute Gasteiger partial charge is 0.498 e. The van der Waals surface area contributed by atoms with Crippen LogP contribution in [0.3, 0.4) is 0 Å². The van der Waals surface area contributed by atoms with Gasteiger partial charge in [-0.1, -0.05) is 6.07 Å². The first kappa shape index (κ1) is 19.2. The Morgan fingerprint density at radius 3 is 2.23 bits per heavy atom. The van der Waals surface area contributed by atoms with Crippen molar-refractivity contribution in [3.8, 4) is 5.75 Å². The molecule has 1 heterocycles. The molecule has 0 amide bonds. The molecule has 1 aromatic carbocycles. The predicted octanol–water partition coefficient (Wildman–Crippen LogP) is 2.80. The molecular formula is C19H26BFO5. The van der Waals surface area contributed by atoms with Crippen LogP contribution in [0.2, 0.25) is 0 Å². The van der Waals surface area contributed by atoms with Gasteiger partial charge in [-0.15, -0.1) is 0 Å². The molecule has 0 radical (unpaired) electrons. The molecule has 1 saturated heterocycles. The predicted molar refractivity (Wildman–Crippen MR) is 96.1 cm³/mol. The highest BCUT2D eigenvalue weighted by atomic mass is 19.1. The van der Waals surface area contributed by atoms with Crippen LogP contribution in [0.4, 0.5) is 4.39 Å². The molecule has 0 N–H and O–H groups in total. The highest BCUT2D eigenvalue weighted by molar-refractivity contribution is 6.63. The van der Waals surface area contributed by atoms with Crippen LogP contribution in [0.5, 0.6) is 5.75 Å². The van der Waals surface area contributed by atoms with Gasteiger partial charge >= 0.3 is 13.1 Å². The first-order valence-corrected chi connectivity index (χ1v) is 8.90. The molecule has 2 fully saturated rings. The lowest BCUT2D eigenvalue weighted by Crippen LogP contribution is -2.41. The van der Waals surface area contributed by atoms with E-state index in [0.717, 1.165) is 0 Å². The second-order valence-corrected chi connectivity index (χ2v) is 8.09. The number of carbonyl (C=O) groups is 1. The van der Waals surface area contributed by atoms with Crippen molar-refractivity contribution < 1.29 is 28.0 Å². The number of carbonyl (C=O) groups excluding carboxylic acids is 1. The van der Waals surface area contributed by atoms with E-state index in [2.05, 4.69) is 0 Å². The average molecular weight is 364 g/mol. The van der Waals surface area contributed by atoms with Gasteiger partial charge in [0.05, 0.1) is 31.3 Å². The smallest absolute Gasteiger partial charge is 0.497 e. The van der Waals surface area contributed by atoms with E-state index < -0.39 is 18.3 Å². The van der Waals surface area contributed by atoms with Gasteiger partial charge in [-0.05, 0) is 52.0 Å². The lowest BCUT2D eigenvalue weighted by Gasteiger charge is -2.34. The Balaban J connectivity index is 1.89. The third-order valence-corrected chi connectivity index (χ3v) is 5.97. The van der Waals surface area contributed by atoms with Gasteiger partial charge in [0, 0.05) is 11.5 Å². The number of halogens is 1. The Morgan fingerprint density at radius 2 is 1.73 bits per heavy atom. The second-order valence-electron chi connectivity index (χ2n) is 8.09. The first-order chi connectivity index (χ1) is 12.1. The van der Waals surface area contributed by atoms with Gasteiger partial charge < -0.3 is 18.8 Å². The summed E-state index contributed by atoms with van der Waals surface area (Å²) in [5, 5.41) is 0. The van der Waals surface area contributed by atoms with Gasteiger partial charge in [0.2, 0.25) is 0 Å². The molecule has 142 valence electrons.